The fourth-order valence-electron chi connectivity index (χ4n) is 2.95. The molecule has 0 fully saturated rings. The van der Waals surface area contributed by atoms with Crippen LogP contribution >= 0.6 is 0 Å². The fraction of sp³-hybridized carbons (Fsp3) is 0.250. The summed E-state index contributed by atoms with van der Waals surface area (Å²) in [5.74, 6) is 0. The van der Waals surface area contributed by atoms with Crippen LogP contribution in [0.2, 0.25) is 0 Å². The first-order chi connectivity index (χ1) is 14.2. The number of nitrogens with zero attached hydrogens (tertiary/aromatic N) is 3. The predicted molar refractivity (Wildman–Crippen MR) is 116 cm³/mol. The number of aromatic nitrogens is 2. The molecule has 1 heterocycles. The molecule has 30 heavy (non-hydrogen) atoms. The molecule has 0 radical (unpaired) electrons. The molecule has 0 aliphatic carbocycles. The van der Waals surface area contributed by atoms with Crippen molar-refractivity contribution < 1.29 is 16.8 Å². The number of hydrogen-bond donors (Lipinski definition) is 1. The van der Waals surface area contributed by atoms with E-state index in [1.54, 1.807) is 26.8 Å². The highest BCUT2D eigenvalue weighted by molar-refractivity contribution is 7.92. The Bertz CT molecular complexity index is 1230. The molecular formula is C20H24N4O4S2. The van der Waals surface area contributed by atoms with Gasteiger partial charge in [0.25, 0.3) is 10.0 Å². The van der Waals surface area contributed by atoms with E-state index >= 15 is 0 Å². The van der Waals surface area contributed by atoms with Crippen LogP contribution in [0.25, 0.3) is 5.69 Å². The van der Waals surface area contributed by atoms with Crippen LogP contribution in [-0.4, -0.2) is 44.0 Å². The summed E-state index contributed by atoms with van der Waals surface area (Å²) in [5.41, 5.74) is 1.53. The highest BCUT2D eigenvalue weighted by Crippen LogP contribution is 2.25. The molecule has 1 N–H and O–H groups in total. The van der Waals surface area contributed by atoms with Gasteiger partial charge in [-0.05, 0) is 36.8 Å². The van der Waals surface area contributed by atoms with Crippen molar-refractivity contribution in [2.75, 3.05) is 17.8 Å². The Morgan fingerprint density at radius 2 is 1.63 bits per heavy atom. The van der Waals surface area contributed by atoms with Crippen molar-refractivity contribution >= 4 is 25.7 Å². The summed E-state index contributed by atoms with van der Waals surface area (Å²) in [5, 5.41) is 4.11. The molecule has 0 atom stereocenters. The van der Waals surface area contributed by atoms with E-state index in [0.29, 0.717) is 18.7 Å². The topological polar surface area (TPSA) is 101 Å². The minimum Gasteiger partial charge on any atom is -0.279 e. The summed E-state index contributed by atoms with van der Waals surface area (Å²) >= 11 is 0. The molecule has 160 valence electrons. The number of hydrogen-bond acceptors (Lipinski definition) is 5. The molecule has 0 spiro atoms. The Morgan fingerprint density at radius 1 is 0.967 bits per heavy atom. The second kappa shape index (κ2) is 8.58. The van der Waals surface area contributed by atoms with E-state index in [1.165, 1.54) is 33.5 Å². The van der Waals surface area contributed by atoms with Gasteiger partial charge in [-0.25, -0.2) is 21.5 Å². The van der Waals surface area contributed by atoms with Crippen LogP contribution in [0.3, 0.4) is 0 Å². The second-order valence-electron chi connectivity index (χ2n) is 6.63. The van der Waals surface area contributed by atoms with Crippen molar-refractivity contribution in [1.29, 1.82) is 0 Å². The first-order valence-corrected chi connectivity index (χ1v) is 12.3. The normalized spacial score (nSPS) is 12.3. The van der Waals surface area contributed by atoms with Gasteiger partial charge in [-0.2, -0.15) is 9.40 Å². The van der Waals surface area contributed by atoms with E-state index in [2.05, 4.69) is 9.82 Å². The summed E-state index contributed by atoms with van der Waals surface area (Å²) in [4.78, 5) is 0.0113. The van der Waals surface area contributed by atoms with Gasteiger partial charge in [0, 0.05) is 13.1 Å². The molecule has 0 aliphatic rings. The molecule has 0 saturated carbocycles. The van der Waals surface area contributed by atoms with Crippen LogP contribution in [0.5, 0.6) is 0 Å². The minimum absolute atomic E-state index is 0.0252. The van der Waals surface area contributed by atoms with E-state index in [-0.39, 0.29) is 15.5 Å². The average molecular weight is 449 g/mol. The number of aryl methyl sites for hydroxylation is 1. The van der Waals surface area contributed by atoms with Crippen LogP contribution < -0.4 is 4.72 Å². The van der Waals surface area contributed by atoms with Crippen molar-refractivity contribution in [1.82, 2.24) is 14.1 Å². The maximum Gasteiger partial charge on any atom is 0.265 e. The summed E-state index contributed by atoms with van der Waals surface area (Å²) in [6.45, 7) is 5.87. The zero-order valence-electron chi connectivity index (χ0n) is 17.0. The van der Waals surface area contributed by atoms with E-state index < -0.39 is 20.0 Å². The fourth-order valence-corrected chi connectivity index (χ4v) is 5.49. The van der Waals surface area contributed by atoms with Gasteiger partial charge in [0.2, 0.25) is 10.0 Å². The standard InChI is InChI=1S/C20H24N4O4S2/c1-4-23(5-2)30(27,28)18-12-11-16(3)20(13-18)22-29(25,26)19-14-21-24(15-19)17-9-7-6-8-10-17/h6-15,22H,4-5H2,1-3H3. The molecule has 0 saturated heterocycles. The first-order valence-electron chi connectivity index (χ1n) is 9.42. The predicted octanol–water partition coefficient (Wildman–Crippen LogP) is 3.01. The number of benzene rings is 2. The molecule has 3 rings (SSSR count). The van der Waals surface area contributed by atoms with Crippen molar-refractivity contribution in [3.63, 3.8) is 0 Å². The second-order valence-corrected chi connectivity index (χ2v) is 10.2. The van der Waals surface area contributed by atoms with Gasteiger partial charge in [-0.3, -0.25) is 4.72 Å². The zero-order chi connectivity index (χ0) is 21.9. The van der Waals surface area contributed by atoms with E-state index in [9.17, 15) is 16.8 Å². The maximum atomic E-state index is 12.9. The molecule has 1 aromatic heterocycles. The third-order valence-corrected chi connectivity index (χ3v) is 8.05. The zero-order valence-corrected chi connectivity index (χ0v) is 18.6. The smallest absolute Gasteiger partial charge is 0.265 e. The number of nitrogens with one attached hydrogen (secondary N) is 1. The largest absolute Gasteiger partial charge is 0.279 e. The van der Waals surface area contributed by atoms with Gasteiger partial charge in [-0.1, -0.05) is 38.1 Å². The summed E-state index contributed by atoms with van der Waals surface area (Å²) < 4.78 is 56.6. The maximum absolute atomic E-state index is 12.9. The van der Waals surface area contributed by atoms with Crippen molar-refractivity contribution in [2.24, 2.45) is 0 Å². The van der Waals surface area contributed by atoms with Crippen molar-refractivity contribution in [2.45, 2.75) is 30.6 Å². The Balaban J connectivity index is 1.93. The van der Waals surface area contributed by atoms with Crippen LogP contribution in [0.1, 0.15) is 19.4 Å². The van der Waals surface area contributed by atoms with E-state index in [1.807, 2.05) is 30.3 Å². The quantitative estimate of drug-likeness (QED) is 0.571. The lowest BCUT2D eigenvalue weighted by Gasteiger charge is -2.19. The van der Waals surface area contributed by atoms with Crippen molar-refractivity contribution in [3.05, 3.63) is 66.5 Å². The Labute approximate surface area is 177 Å². The molecule has 0 amide bonds. The third kappa shape index (κ3) is 4.40. The lowest BCUT2D eigenvalue weighted by atomic mass is 10.2. The molecule has 0 unspecified atom stereocenters. The summed E-state index contributed by atoms with van der Waals surface area (Å²) in [6.07, 6.45) is 2.66. The lowest BCUT2D eigenvalue weighted by Crippen LogP contribution is -2.30. The Morgan fingerprint density at radius 3 is 2.27 bits per heavy atom. The van der Waals surface area contributed by atoms with Gasteiger partial charge in [0.15, 0.2) is 0 Å². The van der Waals surface area contributed by atoms with E-state index in [0.717, 1.165) is 5.69 Å². The monoisotopic (exact) mass is 448 g/mol. The number of para-hydroxylation sites is 1. The molecule has 2 aromatic carbocycles. The highest BCUT2D eigenvalue weighted by atomic mass is 32.2. The first kappa shape index (κ1) is 22.0. The van der Waals surface area contributed by atoms with E-state index in [4.69, 9.17) is 0 Å². The van der Waals surface area contributed by atoms with Crippen molar-refractivity contribution in [3.8, 4) is 5.69 Å². The van der Waals surface area contributed by atoms with Gasteiger partial charge in [0.05, 0.1) is 28.7 Å². The van der Waals surface area contributed by atoms with Crippen LogP contribution in [-0.2, 0) is 20.0 Å². The SMILES string of the molecule is CCN(CC)S(=O)(=O)c1ccc(C)c(NS(=O)(=O)c2cnn(-c3ccccc3)c2)c1. The van der Waals surface area contributed by atoms with Gasteiger partial charge < -0.3 is 0 Å². The average Bonchev–Trinajstić information content (AvgIpc) is 3.22. The highest BCUT2D eigenvalue weighted by Gasteiger charge is 2.24. The number of sulfonamides is 2. The Hall–Kier alpha value is -2.69. The molecule has 0 aliphatic heterocycles. The van der Waals surface area contributed by atoms with Crippen LogP contribution in [0.15, 0.2) is 70.7 Å². The minimum atomic E-state index is -3.96. The number of anilines is 1. The van der Waals surface area contributed by atoms with Gasteiger partial charge >= 0.3 is 0 Å². The van der Waals surface area contributed by atoms with Crippen LogP contribution in [0, 0.1) is 6.92 Å². The van der Waals surface area contributed by atoms with Gasteiger partial charge in [-0.15, -0.1) is 0 Å². The molecule has 0 bridgehead atoms. The lowest BCUT2D eigenvalue weighted by molar-refractivity contribution is 0.445. The van der Waals surface area contributed by atoms with Gasteiger partial charge in [0.1, 0.15) is 4.90 Å². The molecule has 3 aromatic rings. The number of rotatable bonds is 8. The molecular weight excluding hydrogens is 424 g/mol. The summed E-state index contributed by atoms with van der Waals surface area (Å²) in [7, 11) is -7.67. The summed E-state index contributed by atoms with van der Waals surface area (Å²) in [6, 6.07) is 13.5. The molecule has 8 nitrogen and oxygen atoms in total. The third-order valence-electron chi connectivity index (χ3n) is 4.69. The van der Waals surface area contributed by atoms with Crippen LogP contribution in [0.4, 0.5) is 5.69 Å². The Kier molecular flexibility index (Phi) is 6.30. The molecule has 10 heteroatoms.